The van der Waals surface area contributed by atoms with Crippen LogP contribution in [0.4, 0.5) is 5.69 Å². The van der Waals surface area contributed by atoms with E-state index in [0.717, 1.165) is 11.3 Å². The molecular formula is C11H12N2O4. The number of carboxylic acids is 1. The first-order valence-electron chi connectivity index (χ1n) is 5.35. The van der Waals surface area contributed by atoms with Crippen molar-refractivity contribution in [1.82, 2.24) is 5.32 Å². The van der Waals surface area contributed by atoms with Gasteiger partial charge in [-0.25, -0.2) is 4.89 Å². The number of carbonyl (C=O) groups is 1. The third kappa shape index (κ3) is 1.28. The van der Waals surface area contributed by atoms with Crippen molar-refractivity contribution < 1.29 is 20.0 Å². The van der Waals surface area contributed by atoms with Crippen LogP contribution < -0.4 is 10.6 Å². The molecule has 1 fully saturated rings. The molecule has 90 valence electrons. The average molecular weight is 236 g/mol. The number of aliphatic carboxylic acids is 1. The van der Waals surface area contributed by atoms with Gasteiger partial charge in [-0.1, -0.05) is 18.2 Å². The summed E-state index contributed by atoms with van der Waals surface area (Å²) in [7, 11) is 0. The molecule has 0 radical (unpaired) electrons. The van der Waals surface area contributed by atoms with E-state index < -0.39 is 23.8 Å². The summed E-state index contributed by atoms with van der Waals surface area (Å²) in [5, 5.41) is 24.2. The Morgan fingerprint density at radius 1 is 1.47 bits per heavy atom. The van der Waals surface area contributed by atoms with Gasteiger partial charge in [-0.15, -0.1) is 0 Å². The van der Waals surface area contributed by atoms with Crippen LogP contribution in [0.3, 0.4) is 0 Å². The number of rotatable bonds is 2. The number of carboxylic acid groups (broad SMARTS) is 1. The van der Waals surface area contributed by atoms with E-state index in [4.69, 9.17) is 5.11 Å². The Morgan fingerprint density at radius 2 is 2.24 bits per heavy atom. The van der Waals surface area contributed by atoms with E-state index >= 15 is 0 Å². The van der Waals surface area contributed by atoms with Crippen molar-refractivity contribution >= 4 is 11.7 Å². The van der Waals surface area contributed by atoms with Gasteiger partial charge in [0.1, 0.15) is 12.2 Å². The molecular weight excluding hydrogens is 224 g/mol. The van der Waals surface area contributed by atoms with Crippen LogP contribution in [0.1, 0.15) is 12.0 Å². The average Bonchev–Trinajstić information content (AvgIpc) is 2.81. The lowest BCUT2D eigenvalue weighted by Gasteiger charge is -2.24. The fraction of sp³-hybridized carbons (Fsp3) is 0.364. The Morgan fingerprint density at radius 3 is 2.94 bits per heavy atom. The topological polar surface area (TPSA) is 90.8 Å². The predicted octanol–water partition coefficient (Wildman–Crippen LogP) is 0.570. The molecule has 3 atom stereocenters. The number of benzene rings is 1. The highest BCUT2D eigenvalue weighted by Gasteiger charge is 2.57. The Balaban J connectivity index is 2.04. The summed E-state index contributed by atoms with van der Waals surface area (Å²) < 4.78 is 0. The van der Waals surface area contributed by atoms with Gasteiger partial charge in [0, 0.05) is 17.7 Å². The van der Waals surface area contributed by atoms with Crippen molar-refractivity contribution in [2.45, 2.75) is 24.2 Å². The number of fused-ring (bicyclic) bond motifs is 3. The van der Waals surface area contributed by atoms with E-state index in [1.54, 1.807) is 0 Å². The van der Waals surface area contributed by atoms with Crippen molar-refractivity contribution in [3.8, 4) is 0 Å². The molecule has 2 aliphatic rings. The third-order valence-corrected chi connectivity index (χ3v) is 3.49. The molecule has 6 heteroatoms. The van der Waals surface area contributed by atoms with E-state index in [0.29, 0.717) is 0 Å². The minimum Gasteiger partial charge on any atom is -0.480 e. The first-order chi connectivity index (χ1) is 8.17. The second-order valence-electron chi connectivity index (χ2n) is 4.37. The molecule has 2 unspecified atom stereocenters. The fourth-order valence-corrected chi connectivity index (χ4v) is 2.67. The lowest BCUT2D eigenvalue weighted by molar-refractivity contribution is -0.328. The number of hydrogen-bond donors (Lipinski definition) is 4. The van der Waals surface area contributed by atoms with Gasteiger partial charge in [-0.2, -0.15) is 0 Å². The lowest BCUT2D eigenvalue weighted by atomic mass is 9.91. The van der Waals surface area contributed by atoms with Gasteiger partial charge in [0.25, 0.3) is 0 Å². The summed E-state index contributed by atoms with van der Waals surface area (Å²) in [6, 6.07) is 6.66. The highest BCUT2D eigenvalue weighted by Crippen LogP contribution is 2.47. The third-order valence-electron chi connectivity index (χ3n) is 3.49. The molecule has 0 amide bonds. The first-order valence-corrected chi connectivity index (χ1v) is 5.35. The number of hydrogen-bond acceptors (Lipinski definition) is 5. The Bertz CT molecular complexity index is 478. The Labute approximate surface area is 97.1 Å². The van der Waals surface area contributed by atoms with Crippen molar-refractivity contribution in [1.29, 1.82) is 0 Å². The van der Waals surface area contributed by atoms with Crippen LogP contribution in [-0.2, 0) is 15.3 Å². The maximum Gasteiger partial charge on any atom is 0.320 e. The zero-order chi connectivity index (χ0) is 12.0. The number of anilines is 1. The zero-order valence-electron chi connectivity index (χ0n) is 8.88. The maximum absolute atomic E-state index is 11.0. The molecule has 1 aromatic rings. The summed E-state index contributed by atoms with van der Waals surface area (Å²) in [6.45, 7) is 0. The molecule has 0 aromatic heterocycles. The zero-order valence-corrected chi connectivity index (χ0v) is 8.88. The fourth-order valence-electron chi connectivity index (χ4n) is 2.67. The lowest BCUT2D eigenvalue weighted by Crippen LogP contribution is -2.43. The van der Waals surface area contributed by atoms with E-state index in [1.165, 1.54) is 0 Å². The quantitative estimate of drug-likeness (QED) is 0.443. The van der Waals surface area contributed by atoms with Crippen molar-refractivity contribution in [3.63, 3.8) is 0 Å². The monoisotopic (exact) mass is 236 g/mol. The van der Waals surface area contributed by atoms with Gasteiger partial charge in [0.15, 0.2) is 5.60 Å². The molecule has 0 aliphatic carbocycles. The second-order valence-corrected chi connectivity index (χ2v) is 4.37. The summed E-state index contributed by atoms with van der Waals surface area (Å²) in [5.41, 5.74) is 0.617. The van der Waals surface area contributed by atoms with Crippen LogP contribution in [0.25, 0.3) is 0 Å². The molecule has 2 heterocycles. The Hall–Kier alpha value is -1.63. The molecule has 1 aromatic carbocycles. The minimum absolute atomic E-state index is 0.188. The van der Waals surface area contributed by atoms with Gasteiger partial charge in [0.2, 0.25) is 0 Å². The van der Waals surface area contributed by atoms with Gasteiger partial charge in [-0.05, 0) is 6.07 Å². The highest BCUT2D eigenvalue weighted by atomic mass is 17.1. The van der Waals surface area contributed by atoms with E-state index in [9.17, 15) is 10.1 Å². The highest BCUT2D eigenvalue weighted by molar-refractivity contribution is 5.76. The molecule has 17 heavy (non-hydrogen) atoms. The van der Waals surface area contributed by atoms with Crippen molar-refractivity contribution in [3.05, 3.63) is 29.8 Å². The van der Waals surface area contributed by atoms with Crippen LogP contribution in [0, 0.1) is 0 Å². The van der Waals surface area contributed by atoms with Gasteiger partial charge in [0.05, 0.1) is 0 Å². The van der Waals surface area contributed by atoms with Crippen LogP contribution in [0.15, 0.2) is 24.3 Å². The van der Waals surface area contributed by atoms with Crippen LogP contribution >= 0.6 is 0 Å². The summed E-state index contributed by atoms with van der Waals surface area (Å²) in [4.78, 5) is 15.6. The van der Waals surface area contributed by atoms with Gasteiger partial charge in [-0.3, -0.25) is 15.4 Å². The first kappa shape index (κ1) is 10.5. The van der Waals surface area contributed by atoms with Crippen LogP contribution in [-0.4, -0.2) is 28.5 Å². The second kappa shape index (κ2) is 3.43. The number of para-hydroxylation sites is 1. The molecule has 1 saturated heterocycles. The van der Waals surface area contributed by atoms with Gasteiger partial charge >= 0.3 is 5.97 Å². The molecule has 0 bridgehead atoms. The summed E-state index contributed by atoms with van der Waals surface area (Å²) in [5.74, 6) is -0.949. The predicted molar refractivity (Wildman–Crippen MR) is 58.4 cm³/mol. The van der Waals surface area contributed by atoms with E-state index in [-0.39, 0.29) is 6.42 Å². The van der Waals surface area contributed by atoms with Crippen LogP contribution in [0.5, 0.6) is 0 Å². The normalized spacial score (nSPS) is 33.9. The standard InChI is InChI=1S/C11H12N2O4/c14-9(15)8-5-11(17-16)6-3-1-2-4-7(6)12-10(11)13-8/h1-4,8,10,12-13,16H,5H2,(H,14,15)/t8-,10?,11?/m0/s1. The molecule has 0 saturated carbocycles. The van der Waals surface area contributed by atoms with Crippen LogP contribution in [0.2, 0.25) is 0 Å². The van der Waals surface area contributed by atoms with Crippen molar-refractivity contribution in [2.24, 2.45) is 0 Å². The molecule has 3 rings (SSSR count). The van der Waals surface area contributed by atoms with E-state index in [2.05, 4.69) is 15.5 Å². The molecule has 4 N–H and O–H groups in total. The van der Waals surface area contributed by atoms with Crippen molar-refractivity contribution in [2.75, 3.05) is 5.32 Å². The number of nitrogens with one attached hydrogen (secondary N) is 2. The van der Waals surface area contributed by atoms with E-state index in [1.807, 2.05) is 24.3 Å². The minimum atomic E-state index is -1.01. The molecule has 6 nitrogen and oxygen atoms in total. The summed E-state index contributed by atoms with van der Waals surface area (Å²) in [6.07, 6.45) is -0.237. The smallest absolute Gasteiger partial charge is 0.320 e. The molecule has 0 spiro atoms. The SMILES string of the molecule is O=C(O)[C@@H]1CC2(OO)c3ccccc3NC2N1. The molecule has 2 aliphatic heterocycles. The maximum atomic E-state index is 11.0. The summed E-state index contributed by atoms with van der Waals surface area (Å²) >= 11 is 0. The van der Waals surface area contributed by atoms with Gasteiger partial charge < -0.3 is 10.4 Å². The Kier molecular flexibility index (Phi) is 2.12. The largest absolute Gasteiger partial charge is 0.480 e.